The zero-order valence-electron chi connectivity index (χ0n) is 39.1. The monoisotopic (exact) mass is 925 g/mol. The van der Waals surface area contributed by atoms with Gasteiger partial charge in [-0.3, -0.25) is 14.6 Å². The molecule has 2 atom stereocenters. The Hall–Kier alpha value is -4.33. The molecule has 0 radical (unpaired) electrons. The van der Waals surface area contributed by atoms with Crippen LogP contribution in [0.2, 0.25) is 0 Å². The molecule has 3 aromatic rings. The molecule has 2 saturated carbocycles. The molecule has 362 valence electrons. The first-order valence-corrected chi connectivity index (χ1v) is 24.2. The summed E-state index contributed by atoms with van der Waals surface area (Å²) in [7, 11) is 1.32. The number of carbonyl (C=O) groups excluding carboxylic acids is 1. The van der Waals surface area contributed by atoms with Gasteiger partial charge in [-0.15, -0.1) is 0 Å². The zero-order valence-corrected chi connectivity index (χ0v) is 39.1. The molecule has 2 aliphatic heterocycles. The molecule has 0 unspecified atom stereocenters. The van der Waals surface area contributed by atoms with Crippen LogP contribution in [-0.2, 0) is 0 Å². The number of hydrogen-bond donors (Lipinski definition) is 1. The van der Waals surface area contributed by atoms with Gasteiger partial charge in [-0.2, -0.15) is 8.78 Å². The van der Waals surface area contributed by atoms with Gasteiger partial charge in [0.1, 0.15) is 23.3 Å². The quantitative estimate of drug-likeness (QED) is 0.128. The van der Waals surface area contributed by atoms with E-state index in [0.717, 1.165) is 68.2 Å². The van der Waals surface area contributed by atoms with Crippen molar-refractivity contribution in [3.05, 3.63) is 106 Å². The number of nitrogens with one attached hydrogen (secondary N) is 1. The number of methoxy groups -OCH3 is 1. The summed E-state index contributed by atoms with van der Waals surface area (Å²) >= 11 is 0. The van der Waals surface area contributed by atoms with Crippen molar-refractivity contribution in [1.82, 2.24) is 20.0 Å². The second-order valence-corrected chi connectivity index (χ2v) is 19.0. The van der Waals surface area contributed by atoms with Gasteiger partial charge < -0.3 is 19.7 Å². The highest BCUT2D eigenvalue weighted by Gasteiger charge is 2.31. The van der Waals surface area contributed by atoms with Gasteiger partial charge >= 0.3 is 6.61 Å². The highest BCUT2D eigenvalue weighted by Crippen LogP contribution is 2.32. The zero-order chi connectivity index (χ0) is 47.0. The number of alkyl halides is 2. The highest BCUT2D eigenvalue weighted by molar-refractivity contribution is 5.95. The number of rotatable bonds is 18. The maximum atomic E-state index is 14.3. The lowest BCUT2D eigenvalue weighted by Gasteiger charge is -2.34. The molecular weight excluding hydrogens is 855 g/mol. The van der Waals surface area contributed by atoms with E-state index in [0.29, 0.717) is 24.1 Å². The normalized spacial score (nSPS) is 20.4. The van der Waals surface area contributed by atoms with E-state index in [2.05, 4.69) is 19.9 Å². The second kappa shape index (κ2) is 25.7. The standard InChI is InChI=1S/C31H38F4N2O3.C22H32F2N2/c1-21(15-23-10-12-25(32)17-27(23)33)18-37(20-26-9-6-14-36(26)19-22-7-4-3-5-8-22)30(38)24-11-13-28(40-31(34)35)29(16-24)39-2;1-17(12-19-9-10-20(23)13-22(19)24)14-25-15-21-8-5-11-26(21)16-18-6-3-2-4-7-18/h10-13,15-17,22,26,31H,3-9,14,18-20H2,1-2H3;9-10,12-13,18,21,25H,2-8,11,14-16H2,1H3/b21-15+;17-12+/t26-;21-/m00/s1. The average molecular weight is 925 g/mol. The second-order valence-electron chi connectivity index (χ2n) is 19.0. The Balaban J connectivity index is 0.000000239. The Kier molecular flexibility index (Phi) is 19.9. The minimum atomic E-state index is -3.02. The Morgan fingerprint density at radius 1 is 0.697 bits per heavy atom. The number of halogens is 6. The van der Waals surface area contributed by atoms with Gasteiger partial charge in [0, 0.05) is 80.2 Å². The van der Waals surface area contributed by atoms with Crippen molar-refractivity contribution in [2.45, 2.75) is 122 Å². The van der Waals surface area contributed by atoms with Crippen molar-refractivity contribution in [1.29, 1.82) is 0 Å². The van der Waals surface area contributed by atoms with E-state index in [-0.39, 0.29) is 41.1 Å². The number of likely N-dealkylation sites (tertiary alicyclic amines) is 2. The van der Waals surface area contributed by atoms with Gasteiger partial charge in [-0.05, 0) is 133 Å². The summed E-state index contributed by atoms with van der Waals surface area (Å²) in [5.74, 6) is -1.21. The van der Waals surface area contributed by atoms with Crippen LogP contribution in [0.1, 0.15) is 125 Å². The van der Waals surface area contributed by atoms with Crippen LogP contribution in [0, 0.1) is 35.1 Å². The van der Waals surface area contributed by atoms with Crippen LogP contribution < -0.4 is 14.8 Å². The summed E-state index contributed by atoms with van der Waals surface area (Å²) in [4.78, 5) is 20.7. The number of amides is 1. The topological polar surface area (TPSA) is 57.3 Å². The first-order chi connectivity index (χ1) is 31.8. The van der Waals surface area contributed by atoms with Crippen molar-refractivity contribution in [2.75, 3.05) is 59.5 Å². The lowest BCUT2D eigenvalue weighted by molar-refractivity contribution is -0.0512. The maximum Gasteiger partial charge on any atom is 0.387 e. The Bertz CT molecular complexity index is 2070. The Labute approximate surface area is 388 Å². The molecule has 4 aliphatic rings. The molecule has 3 aromatic carbocycles. The molecule has 0 spiro atoms. The van der Waals surface area contributed by atoms with Crippen LogP contribution in [0.15, 0.2) is 65.7 Å². The molecular formula is C53H70F6N4O3. The fourth-order valence-corrected chi connectivity index (χ4v) is 10.4. The molecule has 2 heterocycles. The number of nitrogens with zero attached hydrogens (tertiary/aromatic N) is 3. The van der Waals surface area contributed by atoms with E-state index in [1.165, 1.54) is 140 Å². The fourth-order valence-electron chi connectivity index (χ4n) is 10.4. The fraction of sp³-hybridized carbons (Fsp3) is 0.566. The van der Waals surface area contributed by atoms with Crippen molar-refractivity contribution in [3.8, 4) is 11.5 Å². The summed E-state index contributed by atoms with van der Waals surface area (Å²) in [6, 6.07) is 12.1. The summed E-state index contributed by atoms with van der Waals surface area (Å²) in [5.41, 5.74) is 2.75. The third-order valence-electron chi connectivity index (χ3n) is 13.7. The molecule has 7 rings (SSSR count). The third kappa shape index (κ3) is 15.6. The van der Waals surface area contributed by atoms with Gasteiger partial charge in [-0.25, -0.2) is 17.6 Å². The lowest BCUT2D eigenvalue weighted by atomic mass is 9.89. The molecule has 0 aromatic heterocycles. The molecule has 2 aliphatic carbocycles. The third-order valence-corrected chi connectivity index (χ3v) is 13.7. The largest absolute Gasteiger partial charge is 0.493 e. The van der Waals surface area contributed by atoms with Crippen LogP contribution in [0.4, 0.5) is 26.3 Å². The Morgan fingerprint density at radius 3 is 1.79 bits per heavy atom. The molecule has 66 heavy (non-hydrogen) atoms. The SMILES string of the molecule is C/C(=C\c1ccc(F)cc1F)CNC[C@@H]1CCCN1CC1CCCCC1.COc1cc(C(=O)N(C/C(C)=C/c2ccc(F)cc2F)C[C@@H]2CCCN2CC2CCCCC2)ccc1OC(F)F. The van der Waals surface area contributed by atoms with Crippen molar-refractivity contribution in [3.63, 3.8) is 0 Å². The molecule has 13 heteroatoms. The van der Waals surface area contributed by atoms with Gasteiger partial charge in [-0.1, -0.05) is 61.8 Å². The van der Waals surface area contributed by atoms with Crippen LogP contribution in [-0.4, -0.2) is 98.8 Å². The minimum absolute atomic E-state index is 0.0338. The first kappa shape index (κ1) is 51.1. The summed E-state index contributed by atoms with van der Waals surface area (Å²) in [6.07, 6.45) is 21.4. The van der Waals surface area contributed by atoms with Gasteiger partial charge in [0.2, 0.25) is 0 Å². The molecule has 1 amide bonds. The van der Waals surface area contributed by atoms with E-state index in [9.17, 15) is 31.1 Å². The van der Waals surface area contributed by atoms with Crippen molar-refractivity contribution < 1.29 is 40.6 Å². The van der Waals surface area contributed by atoms with E-state index in [1.807, 2.05) is 6.92 Å². The number of ether oxygens (including phenoxy) is 2. The number of carbonyl (C=O) groups is 1. The first-order valence-electron chi connectivity index (χ1n) is 24.2. The molecule has 0 bridgehead atoms. The number of benzene rings is 3. The summed E-state index contributed by atoms with van der Waals surface area (Å²) in [5, 5.41) is 3.54. The van der Waals surface area contributed by atoms with Gasteiger partial charge in [0.15, 0.2) is 11.5 Å². The minimum Gasteiger partial charge on any atom is -0.493 e. The molecule has 1 N–H and O–H groups in total. The maximum absolute atomic E-state index is 14.3. The highest BCUT2D eigenvalue weighted by atomic mass is 19.3. The average Bonchev–Trinajstić information content (AvgIpc) is 3.94. The Morgan fingerprint density at radius 2 is 1.24 bits per heavy atom. The van der Waals surface area contributed by atoms with Crippen LogP contribution in [0.5, 0.6) is 11.5 Å². The predicted octanol–water partition coefficient (Wildman–Crippen LogP) is 12.2. The van der Waals surface area contributed by atoms with Crippen LogP contribution in [0.3, 0.4) is 0 Å². The molecule has 4 fully saturated rings. The summed E-state index contributed by atoms with van der Waals surface area (Å²) < 4.78 is 89.8. The van der Waals surface area contributed by atoms with E-state index in [4.69, 9.17) is 4.74 Å². The lowest BCUT2D eigenvalue weighted by Crippen LogP contribution is -2.45. The van der Waals surface area contributed by atoms with Crippen LogP contribution in [0.25, 0.3) is 12.2 Å². The van der Waals surface area contributed by atoms with Crippen LogP contribution >= 0.6 is 0 Å². The van der Waals surface area contributed by atoms with Gasteiger partial charge in [0.25, 0.3) is 5.91 Å². The van der Waals surface area contributed by atoms with Gasteiger partial charge in [0.05, 0.1) is 7.11 Å². The predicted molar refractivity (Wildman–Crippen MR) is 251 cm³/mol. The molecule has 2 saturated heterocycles. The summed E-state index contributed by atoms with van der Waals surface area (Å²) in [6.45, 7) is 7.71. The smallest absolute Gasteiger partial charge is 0.387 e. The number of hydrogen-bond acceptors (Lipinski definition) is 6. The van der Waals surface area contributed by atoms with E-state index >= 15 is 0 Å². The van der Waals surface area contributed by atoms with Crippen molar-refractivity contribution >= 4 is 18.1 Å². The molecule has 7 nitrogen and oxygen atoms in total. The van der Waals surface area contributed by atoms with E-state index < -0.39 is 29.9 Å². The van der Waals surface area contributed by atoms with E-state index in [1.54, 1.807) is 24.0 Å². The van der Waals surface area contributed by atoms with Crippen molar-refractivity contribution in [2.24, 2.45) is 11.8 Å².